The van der Waals surface area contributed by atoms with Crippen molar-refractivity contribution in [2.75, 3.05) is 13.1 Å². The first kappa shape index (κ1) is 16.6. The first-order valence-corrected chi connectivity index (χ1v) is 6.97. The van der Waals surface area contributed by atoms with Crippen molar-refractivity contribution in [1.82, 2.24) is 15.1 Å². The molecule has 2 N–H and O–H groups in total. The number of aromatic amines is 1. The minimum absolute atomic E-state index is 0.0534. The second-order valence-corrected chi connectivity index (χ2v) is 5.71. The van der Waals surface area contributed by atoms with Crippen LogP contribution in [0.3, 0.4) is 0 Å². The largest absolute Gasteiger partial charge is 0.416 e. The summed E-state index contributed by atoms with van der Waals surface area (Å²) in [5, 5.41) is 15.8. The lowest BCUT2D eigenvalue weighted by molar-refractivity contribution is -0.137. The Hall–Kier alpha value is -2.23. The summed E-state index contributed by atoms with van der Waals surface area (Å²) >= 11 is 0. The quantitative estimate of drug-likeness (QED) is 0.819. The summed E-state index contributed by atoms with van der Waals surface area (Å²) < 4.78 is 64.0. The molecule has 0 spiro atoms. The minimum atomic E-state index is -4.59. The summed E-state index contributed by atoms with van der Waals surface area (Å²) in [6.45, 7) is -0.732. The molecule has 1 atom stereocenters. The van der Waals surface area contributed by atoms with Gasteiger partial charge >= 0.3 is 6.18 Å². The van der Waals surface area contributed by atoms with Crippen molar-refractivity contribution in [3.63, 3.8) is 0 Å². The second-order valence-electron chi connectivity index (χ2n) is 5.71. The number of amides is 1. The van der Waals surface area contributed by atoms with Gasteiger partial charge in [0.1, 0.15) is 5.60 Å². The van der Waals surface area contributed by atoms with E-state index in [4.69, 9.17) is 0 Å². The van der Waals surface area contributed by atoms with Gasteiger partial charge in [-0.2, -0.15) is 18.3 Å². The standard InChI is InChI=1S/C14H12F5N3O2/c15-12(16)13(24)3-4-22(6-13)11(23)10-8-5-7(14(17,18)19)1-2-9(8)20-21-10/h1-2,5,12,24H,3-4,6H2,(H,20,21). The Bertz CT molecular complexity index is 788. The molecule has 130 valence electrons. The maximum atomic E-state index is 12.8. The van der Waals surface area contributed by atoms with Crippen molar-refractivity contribution in [2.45, 2.75) is 24.6 Å². The van der Waals surface area contributed by atoms with Gasteiger partial charge in [-0.1, -0.05) is 0 Å². The lowest BCUT2D eigenvalue weighted by Gasteiger charge is -2.21. The maximum Gasteiger partial charge on any atom is 0.416 e. The highest BCUT2D eigenvalue weighted by Crippen LogP contribution is 2.33. The van der Waals surface area contributed by atoms with E-state index in [1.165, 1.54) is 0 Å². The number of alkyl halides is 5. The number of hydrogen-bond acceptors (Lipinski definition) is 3. The average Bonchev–Trinajstić information content (AvgIpc) is 3.09. The number of likely N-dealkylation sites (tertiary alicyclic amines) is 1. The topological polar surface area (TPSA) is 69.2 Å². The van der Waals surface area contributed by atoms with E-state index in [0.717, 1.165) is 23.1 Å². The summed E-state index contributed by atoms with van der Waals surface area (Å²) in [6, 6.07) is 2.77. The third-order valence-corrected chi connectivity index (χ3v) is 4.07. The van der Waals surface area contributed by atoms with Gasteiger partial charge in [0.15, 0.2) is 5.69 Å². The molecule has 1 aliphatic rings. The van der Waals surface area contributed by atoms with Gasteiger partial charge in [-0.3, -0.25) is 9.89 Å². The number of rotatable bonds is 2. The lowest BCUT2D eigenvalue weighted by atomic mass is 10.1. The molecule has 3 rings (SSSR count). The summed E-state index contributed by atoms with van der Waals surface area (Å²) in [4.78, 5) is 13.4. The normalized spacial score (nSPS) is 21.9. The van der Waals surface area contributed by atoms with Gasteiger partial charge in [-0.15, -0.1) is 0 Å². The molecule has 1 aromatic carbocycles. The smallest absolute Gasteiger partial charge is 0.382 e. The Morgan fingerprint density at radius 1 is 1.38 bits per heavy atom. The van der Waals surface area contributed by atoms with E-state index in [1.807, 2.05) is 0 Å². The van der Waals surface area contributed by atoms with Crippen LogP contribution in [0.15, 0.2) is 18.2 Å². The third kappa shape index (κ3) is 2.70. The SMILES string of the molecule is O=C(c1n[nH]c2ccc(C(F)(F)F)cc12)N1CCC(O)(C(F)F)C1. The molecule has 0 saturated carbocycles. The number of fused-ring (bicyclic) bond motifs is 1. The highest BCUT2D eigenvalue weighted by Gasteiger charge is 2.46. The van der Waals surface area contributed by atoms with Crippen molar-refractivity contribution in [3.8, 4) is 0 Å². The molecule has 2 aromatic rings. The van der Waals surface area contributed by atoms with E-state index in [0.29, 0.717) is 0 Å². The van der Waals surface area contributed by atoms with E-state index >= 15 is 0 Å². The molecular weight excluding hydrogens is 337 g/mol. The Morgan fingerprint density at radius 3 is 2.67 bits per heavy atom. The number of β-amino-alcohol motifs (C(OH)–C–C–N with tert-alkyl or cyclic N) is 1. The number of H-pyrrole nitrogens is 1. The summed E-state index contributed by atoms with van der Waals surface area (Å²) in [5.41, 5.74) is -3.33. The van der Waals surface area contributed by atoms with Crippen LogP contribution in [0, 0.1) is 0 Å². The zero-order valence-corrected chi connectivity index (χ0v) is 12.1. The van der Waals surface area contributed by atoms with Crippen LogP contribution in [0.2, 0.25) is 0 Å². The number of nitrogens with one attached hydrogen (secondary N) is 1. The third-order valence-electron chi connectivity index (χ3n) is 4.07. The number of carbonyl (C=O) groups is 1. The molecule has 0 aliphatic carbocycles. The molecule has 2 heterocycles. The van der Waals surface area contributed by atoms with Crippen molar-refractivity contribution in [2.24, 2.45) is 0 Å². The summed E-state index contributed by atoms with van der Waals surface area (Å²) in [6.07, 6.45) is -7.93. The number of hydrogen-bond donors (Lipinski definition) is 2. The fraction of sp³-hybridized carbons (Fsp3) is 0.429. The maximum absolute atomic E-state index is 12.8. The molecular formula is C14H12F5N3O2. The highest BCUT2D eigenvalue weighted by atomic mass is 19.4. The summed E-state index contributed by atoms with van der Waals surface area (Å²) in [5.74, 6) is -0.808. The van der Waals surface area contributed by atoms with Gasteiger partial charge in [-0.05, 0) is 18.2 Å². The highest BCUT2D eigenvalue weighted by molar-refractivity contribution is 6.05. The van der Waals surface area contributed by atoms with Gasteiger partial charge in [-0.25, -0.2) is 8.78 Å². The molecule has 0 bridgehead atoms. The predicted molar refractivity (Wildman–Crippen MR) is 72.6 cm³/mol. The van der Waals surface area contributed by atoms with E-state index < -0.39 is 36.2 Å². The van der Waals surface area contributed by atoms with Crippen molar-refractivity contribution in [1.29, 1.82) is 0 Å². The molecule has 10 heteroatoms. The monoisotopic (exact) mass is 349 g/mol. The van der Waals surface area contributed by atoms with Gasteiger partial charge in [0.25, 0.3) is 12.3 Å². The van der Waals surface area contributed by atoms with Crippen LogP contribution in [-0.4, -0.2) is 51.2 Å². The van der Waals surface area contributed by atoms with E-state index in [9.17, 15) is 31.9 Å². The number of halogens is 5. The molecule has 1 unspecified atom stereocenters. The zero-order valence-electron chi connectivity index (χ0n) is 12.1. The van der Waals surface area contributed by atoms with Crippen molar-refractivity contribution < 1.29 is 31.9 Å². The van der Waals surface area contributed by atoms with Crippen LogP contribution < -0.4 is 0 Å². The zero-order chi connectivity index (χ0) is 17.7. The van der Waals surface area contributed by atoms with Crippen LogP contribution in [0.4, 0.5) is 22.0 Å². The van der Waals surface area contributed by atoms with Gasteiger partial charge < -0.3 is 10.0 Å². The Morgan fingerprint density at radius 2 is 2.08 bits per heavy atom. The first-order valence-electron chi connectivity index (χ1n) is 6.97. The Labute approximate surface area is 132 Å². The van der Waals surface area contributed by atoms with Crippen LogP contribution in [0.5, 0.6) is 0 Å². The second kappa shape index (κ2) is 5.40. The van der Waals surface area contributed by atoms with Crippen LogP contribution >= 0.6 is 0 Å². The van der Waals surface area contributed by atoms with Crippen LogP contribution in [0.1, 0.15) is 22.5 Å². The summed E-state index contributed by atoms with van der Waals surface area (Å²) in [7, 11) is 0. The van der Waals surface area contributed by atoms with Crippen molar-refractivity contribution in [3.05, 3.63) is 29.5 Å². The van der Waals surface area contributed by atoms with Crippen molar-refractivity contribution >= 4 is 16.8 Å². The minimum Gasteiger partial charge on any atom is -0.382 e. The number of carbonyl (C=O) groups excluding carboxylic acids is 1. The lowest BCUT2D eigenvalue weighted by Crippen LogP contribution is -2.41. The molecule has 1 aliphatic heterocycles. The molecule has 0 radical (unpaired) electrons. The van der Waals surface area contributed by atoms with Crippen LogP contribution in [0.25, 0.3) is 10.9 Å². The van der Waals surface area contributed by atoms with Gasteiger partial charge in [0.2, 0.25) is 0 Å². The van der Waals surface area contributed by atoms with E-state index in [-0.39, 0.29) is 29.6 Å². The van der Waals surface area contributed by atoms with Gasteiger partial charge in [0, 0.05) is 18.4 Å². The molecule has 1 aromatic heterocycles. The van der Waals surface area contributed by atoms with Gasteiger partial charge in [0.05, 0.1) is 17.6 Å². The fourth-order valence-electron chi connectivity index (χ4n) is 2.67. The molecule has 5 nitrogen and oxygen atoms in total. The average molecular weight is 349 g/mol. The molecule has 1 amide bonds. The predicted octanol–water partition coefficient (Wildman–Crippen LogP) is 2.42. The number of aromatic nitrogens is 2. The molecule has 24 heavy (non-hydrogen) atoms. The Balaban J connectivity index is 1.94. The number of benzene rings is 1. The first-order chi connectivity index (χ1) is 11.1. The molecule has 1 saturated heterocycles. The fourth-order valence-corrected chi connectivity index (χ4v) is 2.67. The Kier molecular flexibility index (Phi) is 3.74. The van der Waals surface area contributed by atoms with E-state index in [2.05, 4.69) is 10.2 Å². The molecule has 1 fully saturated rings. The van der Waals surface area contributed by atoms with Crippen LogP contribution in [-0.2, 0) is 6.18 Å². The van der Waals surface area contributed by atoms with E-state index in [1.54, 1.807) is 0 Å². The number of aliphatic hydroxyl groups is 1. The number of nitrogens with zero attached hydrogens (tertiary/aromatic N) is 2.